The summed E-state index contributed by atoms with van der Waals surface area (Å²) in [5, 5.41) is 1.86. The lowest BCUT2D eigenvalue weighted by Gasteiger charge is -2.32. The summed E-state index contributed by atoms with van der Waals surface area (Å²) in [7, 11) is -3.48. The van der Waals surface area contributed by atoms with Crippen LogP contribution < -0.4 is 5.56 Å². The number of rotatable bonds is 6. The maximum absolute atomic E-state index is 12.7. The summed E-state index contributed by atoms with van der Waals surface area (Å²) in [6.45, 7) is 2.40. The van der Waals surface area contributed by atoms with E-state index in [-0.39, 0.29) is 5.56 Å². The normalized spacial score (nSPS) is 15.9. The number of fused-ring (bicyclic) bond motifs is 1. The van der Waals surface area contributed by atoms with E-state index in [4.69, 9.17) is 0 Å². The Kier molecular flexibility index (Phi) is 6.42. The van der Waals surface area contributed by atoms with Crippen LogP contribution in [0.15, 0.2) is 76.9 Å². The van der Waals surface area contributed by atoms with Crippen LogP contribution >= 0.6 is 11.3 Å². The summed E-state index contributed by atoms with van der Waals surface area (Å²) < 4.78 is 26.9. The minimum Gasteiger partial charge on any atom is -0.309 e. The van der Waals surface area contributed by atoms with Gasteiger partial charge in [0, 0.05) is 36.5 Å². The fraction of sp³-hybridized carbons (Fsp3) is 0.200. The Morgan fingerprint density at radius 2 is 1.65 bits per heavy atom. The van der Waals surface area contributed by atoms with E-state index in [1.165, 1.54) is 21.1 Å². The van der Waals surface area contributed by atoms with Crippen LogP contribution in [-0.2, 0) is 16.6 Å². The third kappa shape index (κ3) is 5.02. The smallest absolute Gasteiger partial charge is 0.259 e. The lowest BCUT2D eigenvalue weighted by Crippen LogP contribution is -2.47. The lowest BCUT2D eigenvalue weighted by atomic mass is 10.2. The van der Waals surface area contributed by atoms with Gasteiger partial charge >= 0.3 is 0 Å². The van der Waals surface area contributed by atoms with Gasteiger partial charge in [-0.05, 0) is 23.3 Å². The average Bonchev–Trinajstić information content (AvgIpc) is 3.29. The second-order valence-electron chi connectivity index (χ2n) is 8.14. The largest absolute Gasteiger partial charge is 0.309 e. The SMILES string of the molecule is O=c1[nH]c(CN2CCN(S(=O)(=O)C=Cc3ccccc3)CC2)nc2sc(-c3ccccc3)cc12. The van der Waals surface area contributed by atoms with Crippen LogP contribution in [0.25, 0.3) is 26.7 Å². The predicted molar refractivity (Wildman–Crippen MR) is 137 cm³/mol. The molecule has 1 fully saturated rings. The molecule has 0 atom stereocenters. The fourth-order valence-electron chi connectivity index (χ4n) is 3.96. The van der Waals surface area contributed by atoms with Gasteiger partial charge in [-0.1, -0.05) is 60.7 Å². The number of aromatic amines is 1. The Balaban J connectivity index is 1.25. The lowest BCUT2D eigenvalue weighted by molar-refractivity contribution is 0.179. The van der Waals surface area contributed by atoms with Crippen molar-refractivity contribution in [1.82, 2.24) is 19.2 Å². The molecular weight excluding hydrogens is 468 g/mol. The van der Waals surface area contributed by atoms with E-state index in [9.17, 15) is 13.2 Å². The molecule has 1 N–H and O–H groups in total. The van der Waals surface area contributed by atoms with E-state index < -0.39 is 10.0 Å². The van der Waals surface area contributed by atoms with Crippen molar-refractivity contribution < 1.29 is 8.42 Å². The van der Waals surface area contributed by atoms with Crippen LogP contribution in [0, 0.1) is 0 Å². The van der Waals surface area contributed by atoms with Crippen LogP contribution in [0.5, 0.6) is 0 Å². The summed E-state index contributed by atoms with van der Waals surface area (Å²) in [6.07, 6.45) is 1.62. The highest BCUT2D eigenvalue weighted by molar-refractivity contribution is 7.92. The van der Waals surface area contributed by atoms with E-state index in [0.717, 1.165) is 16.0 Å². The fourth-order valence-corrected chi connectivity index (χ4v) is 6.19. The summed E-state index contributed by atoms with van der Waals surface area (Å²) in [5.41, 5.74) is 1.76. The summed E-state index contributed by atoms with van der Waals surface area (Å²) in [6, 6.07) is 21.2. The number of nitrogens with one attached hydrogen (secondary N) is 1. The first kappa shape index (κ1) is 22.7. The Bertz CT molecular complexity index is 1470. The molecule has 174 valence electrons. The molecule has 2 aromatic heterocycles. The Labute approximate surface area is 202 Å². The van der Waals surface area contributed by atoms with E-state index in [1.807, 2.05) is 66.7 Å². The number of hydrogen-bond donors (Lipinski definition) is 1. The molecule has 0 unspecified atom stereocenters. The minimum atomic E-state index is -3.48. The molecule has 0 spiro atoms. The predicted octanol–water partition coefficient (Wildman–Crippen LogP) is 3.77. The minimum absolute atomic E-state index is 0.148. The van der Waals surface area contributed by atoms with Crippen molar-refractivity contribution in [3.8, 4) is 10.4 Å². The Morgan fingerprint density at radius 1 is 0.971 bits per heavy atom. The standard InChI is InChI=1S/C25H24N4O3S2/c30-24-21-17-22(20-9-5-2-6-10-20)33-25(21)27-23(26-24)18-28-12-14-29(15-13-28)34(31,32)16-11-19-7-3-1-4-8-19/h1-11,16-17H,12-15,18H2,(H,26,27,30). The molecule has 0 saturated carbocycles. The first-order valence-corrected chi connectivity index (χ1v) is 13.3. The number of thiophene rings is 1. The van der Waals surface area contributed by atoms with E-state index in [2.05, 4.69) is 14.9 Å². The number of aromatic nitrogens is 2. The molecule has 7 nitrogen and oxygen atoms in total. The highest BCUT2D eigenvalue weighted by atomic mass is 32.2. The Hall–Kier alpha value is -3.11. The molecule has 1 aliphatic rings. The van der Waals surface area contributed by atoms with Gasteiger partial charge in [-0.25, -0.2) is 13.4 Å². The van der Waals surface area contributed by atoms with Gasteiger partial charge in [-0.2, -0.15) is 4.31 Å². The number of sulfonamides is 1. The molecule has 1 saturated heterocycles. The molecule has 0 aliphatic carbocycles. The van der Waals surface area contributed by atoms with Crippen molar-refractivity contribution in [2.24, 2.45) is 0 Å². The zero-order valence-corrected chi connectivity index (χ0v) is 20.1. The van der Waals surface area contributed by atoms with Crippen molar-refractivity contribution in [2.45, 2.75) is 6.54 Å². The van der Waals surface area contributed by atoms with Crippen LogP contribution in [0.3, 0.4) is 0 Å². The molecule has 0 amide bonds. The van der Waals surface area contributed by atoms with Gasteiger partial charge in [0.1, 0.15) is 10.7 Å². The Morgan fingerprint density at radius 3 is 2.35 bits per heavy atom. The first-order valence-electron chi connectivity index (χ1n) is 11.0. The van der Waals surface area contributed by atoms with Gasteiger partial charge in [0.2, 0.25) is 10.0 Å². The molecule has 2 aromatic carbocycles. The molecule has 4 aromatic rings. The monoisotopic (exact) mass is 492 g/mol. The van der Waals surface area contributed by atoms with Gasteiger partial charge in [-0.15, -0.1) is 11.3 Å². The number of benzene rings is 2. The number of H-pyrrole nitrogens is 1. The van der Waals surface area contributed by atoms with Gasteiger partial charge < -0.3 is 4.98 Å². The van der Waals surface area contributed by atoms with Gasteiger partial charge in [0.15, 0.2) is 0 Å². The van der Waals surface area contributed by atoms with E-state index in [0.29, 0.717) is 48.8 Å². The summed E-state index contributed by atoms with van der Waals surface area (Å²) in [4.78, 5) is 24.1. The van der Waals surface area contributed by atoms with Crippen LogP contribution in [0.4, 0.5) is 0 Å². The zero-order chi connectivity index (χ0) is 23.5. The molecule has 9 heteroatoms. The molecule has 0 radical (unpaired) electrons. The van der Waals surface area contributed by atoms with E-state index in [1.54, 1.807) is 6.08 Å². The first-order chi connectivity index (χ1) is 16.5. The zero-order valence-electron chi connectivity index (χ0n) is 18.4. The summed E-state index contributed by atoms with van der Waals surface area (Å²) >= 11 is 1.50. The van der Waals surface area contributed by atoms with Gasteiger partial charge in [0.05, 0.1) is 11.9 Å². The third-order valence-electron chi connectivity index (χ3n) is 5.81. The highest BCUT2D eigenvalue weighted by Gasteiger charge is 2.25. The highest BCUT2D eigenvalue weighted by Crippen LogP contribution is 2.30. The number of piperazine rings is 1. The molecule has 34 heavy (non-hydrogen) atoms. The number of nitrogens with zero attached hydrogens (tertiary/aromatic N) is 3. The molecule has 3 heterocycles. The van der Waals surface area contributed by atoms with Crippen molar-refractivity contribution in [1.29, 1.82) is 0 Å². The van der Waals surface area contributed by atoms with Crippen LogP contribution in [0.2, 0.25) is 0 Å². The second-order valence-corrected chi connectivity index (χ2v) is 11.0. The van der Waals surface area contributed by atoms with Crippen molar-refractivity contribution >= 4 is 37.7 Å². The summed E-state index contributed by atoms with van der Waals surface area (Å²) in [5.74, 6) is 0.597. The van der Waals surface area contributed by atoms with Crippen molar-refractivity contribution in [3.63, 3.8) is 0 Å². The quantitative estimate of drug-likeness (QED) is 0.443. The van der Waals surface area contributed by atoms with Gasteiger partial charge in [0.25, 0.3) is 5.56 Å². The average molecular weight is 493 g/mol. The van der Waals surface area contributed by atoms with Crippen molar-refractivity contribution in [3.05, 3.63) is 93.9 Å². The molecule has 0 bridgehead atoms. The van der Waals surface area contributed by atoms with Gasteiger partial charge in [-0.3, -0.25) is 9.69 Å². The van der Waals surface area contributed by atoms with Crippen LogP contribution in [-0.4, -0.2) is 53.8 Å². The maximum Gasteiger partial charge on any atom is 0.259 e. The second kappa shape index (κ2) is 9.63. The number of hydrogen-bond acceptors (Lipinski definition) is 6. The topological polar surface area (TPSA) is 86.4 Å². The third-order valence-corrected chi connectivity index (χ3v) is 8.45. The molecule has 5 rings (SSSR count). The maximum atomic E-state index is 12.7. The van der Waals surface area contributed by atoms with Crippen LogP contribution in [0.1, 0.15) is 11.4 Å². The van der Waals surface area contributed by atoms with E-state index >= 15 is 0 Å². The van der Waals surface area contributed by atoms with Crippen molar-refractivity contribution in [2.75, 3.05) is 26.2 Å². The molecule has 1 aliphatic heterocycles. The molecular formula is C25H24N4O3S2.